The molecule has 1 fully saturated rings. The van der Waals surface area contributed by atoms with Crippen LogP contribution in [0.5, 0.6) is 5.75 Å². The molecule has 1 aromatic rings. The van der Waals surface area contributed by atoms with Crippen LogP contribution in [0.1, 0.15) is 39.2 Å². The topological polar surface area (TPSA) is 33.3 Å². The van der Waals surface area contributed by atoms with Crippen LogP contribution >= 0.6 is 0 Å². The van der Waals surface area contributed by atoms with Gasteiger partial charge in [0.05, 0.1) is 7.11 Å². The van der Waals surface area contributed by atoms with Gasteiger partial charge in [0.2, 0.25) is 0 Å². The molecule has 3 heteroatoms. The van der Waals surface area contributed by atoms with Crippen LogP contribution in [-0.2, 0) is 5.41 Å². The Labute approximate surface area is 116 Å². The van der Waals surface area contributed by atoms with Crippen molar-refractivity contribution < 1.29 is 4.74 Å². The summed E-state index contributed by atoms with van der Waals surface area (Å²) < 4.78 is 5.45. The Morgan fingerprint density at radius 2 is 1.95 bits per heavy atom. The average Bonchev–Trinajstić information content (AvgIpc) is 3.17. The van der Waals surface area contributed by atoms with E-state index in [2.05, 4.69) is 49.6 Å². The van der Waals surface area contributed by atoms with E-state index in [0.29, 0.717) is 0 Å². The van der Waals surface area contributed by atoms with Gasteiger partial charge in [0.15, 0.2) is 0 Å². The fourth-order valence-corrected chi connectivity index (χ4v) is 2.17. The normalized spacial score (nSPS) is 15.4. The maximum Gasteiger partial charge on any atom is 0.122 e. The first-order chi connectivity index (χ1) is 9.00. The number of hydrogen-bond acceptors (Lipinski definition) is 3. The lowest BCUT2D eigenvalue weighted by molar-refractivity contribution is 0.397. The standard InChI is InChI=1S/C16H26N2O/c1-16(2,3)14-11-13(7-8-15(14)19-4)18-10-9-17-12-5-6-12/h7-8,11-12,17-18H,5-6,9-10H2,1-4H3. The predicted molar refractivity (Wildman–Crippen MR) is 81.2 cm³/mol. The third kappa shape index (κ3) is 4.13. The summed E-state index contributed by atoms with van der Waals surface area (Å²) in [7, 11) is 1.73. The van der Waals surface area contributed by atoms with Crippen LogP contribution in [0.15, 0.2) is 18.2 Å². The molecular formula is C16H26N2O. The van der Waals surface area contributed by atoms with E-state index < -0.39 is 0 Å². The molecule has 19 heavy (non-hydrogen) atoms. The van der Waals surface area contributed by atoms with E-state index in [4.69, 9.17) is 4.74 Å². The largest absolute Gasteiger partial charge is 0.496 e. The molecule has 0 unspecified atom stereocenters. The van der Waals surface area contributed by atoms with Crippen molar-refractivity contribution in [3.8, 4) is 5.75 Å². The van der Waals surface area contributed by atoms with Crippen molar-refractivity contribution in [3.63, 3.8) is 0 Å². The van der Waals surface area contributed by atoms with Gasteiger partial charge in [-0.25, -0.2) is 0 Å². The molecule has 0 aliphatic heterocycles. The van der Waals surface area contributed by atoms with Gasteiger partial charge < -0.3 is 15.4 Å². The summed E-state index contributed by atoms with van der Waals surface area (Å²) in [6.45, 7) is 8.63. The van der Waals surface area contributed by atoms with Gasteiger partial charge in [0.25, 0.3) is 0 Å². The molecule has 0 spiro atoms. The first kappa shape index (κ1) is 14.2. The number of rotatable bonds is 6. The molecular weight excluding hydrogens is 236 g/mol. The Bertz CT molecular complexity index is 419. The smallest absolute Gasteiger partial charge is 0.122 e. The molecule has 106 valence electrons. The monoisotopic (exact) mass is 262 g/mol. The Hall–Kier alpha value is -1.22. The number of benzene rings is 1. The van der Waals surface area contributed by atoms with Gasteiger partial charge in [0.1, 0.15) is 5.75 Å². The second-order valence-corrected chi connectivity index (χ2v) is 6.32. The van der Waals surface area contributed by atoms with E-state index in [1.165, 1.54) is 24.1 Å². The Morgan fingerprint density at radius 3 is 2.53 bits per heavy atom. The first-order valence-electron chi connectivity index (χ1n) is 7.16. The lowest BCUT2D eigenvalue weighted by Gasteiger charge is -2.23. The Kier molecular flexibility index (Phi) is 4.35. The van der Waals surface area contributed by atoms with Crippen LogP contribution < -0.4 is 15.4 Å². The molecule has 0 aromatic heterocycles. The first-order valence-corrected chi connectivity index (χ1v) is 7.16. The van der Waals surface area contributed by atoms with E-state index in [0.717, 1.165) is 24.9 Å². The van der Waals surface area contributed by atoms with Gasteiger partial charge >= 0.3 is 0 Å². The Balaban J connectivity index is 1.96. The highest BCUT2D eigenvalue weighted by Gasteiger charge is 2.20. The molecule has 0 amide bonds. The van der Waals surface area contributed by atoms with Crippen LogP contribution in [0.25, 0.3) is 0 Å². The molecule has 1 aliphatic carbocycles. The second-order valence-electron chi connectivity index (χ2n) is 6.32. The van der Waals surface area contributed by atoms with Crippen LogP contribution in [0, 0.1) is 0 Å². The lowest BCUT2D eigenvalue weighted by atomic mass is 9.86. The van der Waals surface area contributed by atoms with Crippen molar-refractivity contribution in [2.45, 2.75) is 45.1 Å². The molecule has 1 aliphatic rings. The molecule has 1 saturated carbocycles. The molecule has 1 aromatic carbocycles. The number of ether oxygens (including phenoxy) is 1. The zero-order valence-corrected chi connectivity index (χ0v) is 12.5. The summed E-state index contributed by atoms with van der Waals surface area (Å²) >= 11 is 0. The highest BCUT2D eigenvalue weighted by molar-refractivity contribution is 5.53. The van der Waals surface area contributed by atoms with Crippen LogP contribution in [0.2, 0.25) is 0 Å². The third-order valence-electron chi connectivity index (χ3n) is 3.47. The number of hydrogen-bond donors (Lipinski definition) is 2. The molecule has 0 saturated heterocycles. The zero-order chi connectivity index (χ0) is 13.9. The lowest BCUT2D eigenvalue weighted by Crippen LogP contribution is -2.24. The van der Waals surface area contributed by atoms with Gasteiger partial charge in [-0.1, -0.05) is 20.8 Å². The van der Waals surface area contributed by atoms with Gasteiger partial charge in [-0.3, -0.25) is 0 Å². The van der Waals surface area contributed by atoms with Crippen molar-refractivity contribution in [3.05, 3.63) is 23.8 Å². The number of methoxy groups -OCH3 is 1. The van der Waals surface area contributed by atoms with Gasteiger partial charge in [-0.05, 0) is 36.5 Å². The number of nitrogens with one attached hydrogen (secondary N) is 2. The second kappa shape index (κ2) is 5.83. The molecule has 0 bridgehead atoms. The molecule has 2 N–H and O–H groups in total. The fourth-order valence-electron chi connectivity index (χ4n) is 2.17. The molecule has 3 nitrogen and oxygen atoms in total. The highest BCUT2D eigenvalue weighted by Crippen LogP contribution is 2.33. The van der Waals surface area contributed by atoms with Crippen molar-refractivity contribution >= 4 is 5.69 Å². The minimum atomic E-state index is 0.0926. The summed E-state index contributed by atoms with van der Waals surface area (Å²) in [4.78, 5) is 0. The van der Waals surface area contributed by atoms with E-state index in [1.54, 1.807) is 7.11 Å². The van der Waals surface area contributed by atoms with Crippen molar-refractivity contribution in [1.82, 2.24) is 5.32 Å². The quantitative estimate of drug-likeness (QED) is 0.773. The molecule has 0 atom stereocenters. The highest BCUT2D eigenvalue weighted by atomic mass is 16.5. The van der Waals surface area contributed by atoms with Gasteiger partial charge in [-0.15, -0.1) is 0 Å². The van der Waals surface area contributed by atoms with E-state index >= 15 is 0 Å². The number of anilines is 1. The fraction of sp³-hybridized carbons (Fsp3) is 0.625. The average molecular weight is 262 g/mol. The van der Waals surface area contributed by atoms with Crippen molar-refractivity contribution in [2.75, 3.05) is 25.5 Å². The summed E-state index contributed by atoms with van der Waals surface area (Å²) in [5, 5.41) is 6.98. The summed E-state index contributed by atoms with van der Waals surface area (Å²) in [6, 6.07) is 7.13. The van der Waals surface area contributed by atoms with Crippen LogP contribution in [-0.4, -0.2) is 26.2 Å². The van der Waals surface area contributed by atoms with Gasteiger partial charge in [-0.2, -0.15) is 0 Å². The van der Waals surface area contributed by atoms with E-state index in [9.17, 15) is 0 Å². The maximum absolute atomic E-state index is 5.45. The molecule has 2 rings (SSSR count). The van der Waals surface area contributed by atoms with E-state index in [1.807, 2.05) is 0 Å². The van der Waals surface area contributed by atoms with Crippen LogP contribution in [0.4, 0.5) is 5.69 Å². The maximum atomic E-state index is 5.45. The van der Waals surface area contributed by atoms with Gasteiger partial charge in [0, 0.05) is 30.4 Å². The minimum absolute atomic E-state index is 0.0926. The molecule has 0 radical (unpaired) electrons. The zero-order valence-electron chi connectivity index (χ0n) is 12.5. The molecule has 0 heterocycles. The minimum Gasteiger partial charge on any atom is -0.496 e. The van der Waals surface area contributed by atoms with Crippen molar-refractivity contribution in [1.29, 1.82) is 0 Å². The third-order valence-corrected chi connectivity index (χ3v) is 3.47. The van der Waals surface area contributed by atoms with Crippen molar-refractivity contribution in [2.24, 2.45) is 0 Å². The summed E-state index contributed by atoms with van der Waals surface area (Å²) in [6.07, 6.45) is 2.69. The summed E-state index contributed by atoms with van der Waals surface area (Å²) in [5.41, 5.74) is 2.51. The SMILES string of the molecule is COc1ccc(NCCNC2CC2)cc1C(C)(C)C. The van der Waals surface area contributed by atoms with Crippen LogP contribution in [0.3, 0.4) is 0 Å². The predicted octanol–water partition coefficient (Wildman–Crippen LogP) is 3.16. The summed E-state index contributed by atoms with van der Waals surface area (Å²) in [5.74, 6) is 0.967. The Morgan fingerprint density at radius 1 is 1.21 bits per heavy atom. The van der Waals surface area contributed by atoms with E-state index in [-0.39, 0.29) is 5.41 Å².